The van der Waals surface area contributed by atoms with E-state index in [0.717, 1.165) is 18.9 Å². The van der Waals surface area contributed by atoms with Crippen LogP contribution in [0.15, 0.2) is 24.7 Å². The minimum atomic E-state index is -0.315. The fourth-order valence-corrected chi connectivity index (χ4v) is 3.89. The molecule has 1 saturated heterocycles. The van der Waals surface area contributed by atoms with Gasteiger partial charge >= 0.3 is 0 Å². The highest BCUT2D eigenvalue weighted by molar-refractivity contribution is 6.03. The molecule has 1 aliphatic heterocycles. The summed E-state index contributed by atoms with van der Waals surface area (Å²) in [5.41, 5.74) is 1.84. The van der Waals surface area contributed by atoms with Gasteiger partial charge in [-0.3, -0.25) is 13.9 Å². The molecule has 0 aromatic carbocycles. The van der Waals surface area contributed by atoms with Gasteiger partial charge in [-0.2, -0.15) is 10.1 Å². The predicted molar refractivity (Wildman–Crippen MR) is 100 cm³/mol. The zero-order valence-corrected chi connectivity index (χ0v) is 16.0. The molecule has 3 aromatic rings. The molecule has 5 rings (SSSR count). The Balaban J connectivity index is 1.48. The van der Waals surface area contributed by atoms with Crippen LogP contribution < -0.4 is 10.1 Å². The summed E-state index contributed by atoms with van der Waals surface area (Å²) in [7, 11) is 1.77. The van der Waals surface area contributed by atoms with E-state index in [9.17, 15) is 4.79 Å². The van der Waals surface area contributed by atoms with E-state index in [1.165, 1.54) is 0 Å². The van der Waals surface area contributed by atoms with Gasteiger partial charge in [0.1, 0.15) is 5.69 Å². The lowest BCUT2D eigenvalue weighted by molar-refractivity contribution is 0.102. The van der Waals surface area contributed by atoms with Crippen LogP contribution in [0.2, 0.25) is 0 Å². The van der Waals surface area contributed by atoms with E-state index >= 15 is 0 Å². The Morgan fingerprint density at radius 2 is 2.07 bits per heavy atom. The summed E-state index contributed by atoms with van der Waals surface area (Å²) in [6.45, 7) is 5.45. The molecule has 2 aliphatic rings. The molecule has 1 aliphatic carbocycles. The predicted octanol–water partition coefficient (Wildman–Crippen LogP) is 1.86. The fourth-order valence-electron chi connectivity index (χ4n) is 3.89. The average Bonchev–Trinajstić information content (AvgIpc) is 3.09. The normalized spacial score (nSPS) is 23.2. The number of aromatic nitrogens is 5. The summed E-state index contributed by atoms with van der Waals surface area (Å²) in [6, 6.07) is 1.66. The summed E-state index contributed by atoms with van der Waals surface area (Å²) in [4.78, 5) is 21.8. The number of ether oxygens (including phenoxy) is 2. The first-order chi connectivity index (χ1) is 13.5. The van der Waals surface area contributed by atoms with Gasteiger partial charge in [0.25, 0.3) is 5.91 Å². The number of imidazole rings is 1. The number of rotatable bonds is 5. The number of nitrogens with one attached hydrogen (secondary N) is 1. The van der Waals surface area contributed by atoms with Gasteiger partial charge in [0.2, 0.25) is 11.7 Å². The number of hydrogen-bond acceptors (Lipinski definition) is 6. The van der Waals surface area contributed by atoms with Gasteiger partial charge in [0.15, 0.2) is 5.69 Å². The van der Waals surface area contributed by atoms with E-state index in [-0.39, 0.29) is 12.0 Å². The molecule has 0 radical (unpaired) electrons. The van der Waals surface area contributed by atoms with E-state index in [4.69, 9.17) is 14.5 Å². The largest absolute Gasteiger partial charge is 0.473 e. The van der Waals surface area contributed by atoms with E-state index in [0.29, 0.717) is 40.8 Å². The second-order valence-corrected chi connectivity index (χ2v) is 7.72. The smallest absolute Gasteiger partial charge is 0.276 e. The highest BCUT2D eigenvalue weighted by Crippen LogP contribution is 2.57. The molecule has 1 saturated carbocycles. The van der Waals surface area contributed by atoms with Crippen LogP contribution in [0, 0.1) is 11.8 Å². The molecular formula is C19H22N6O3. The van der Waals surface area contributed by atoms with Gasteiger partial charge in [-0.15, -0.1) is 0 Å². The monoisotopic (exact) mass is 382 g/mol. The average molecular weight is 382 g/mol. The van der Waals surface area contributed by atoms with Crippen molar-refractivity contribution in [2.24, 2.45) is 18.9 Å². The molecule has 9 heteroatoms. The Hall–Kier alpha value is -2.94. The summed E-state index contributed by atoms with van der Waals surface area (Å²) in [6.07, 6.45) is 5.42. The van der Waals surface area contributed by atoms with Crippen LogP contribution in [0.5, 0.6) is 5.88 Å². The highest BCUT2D eigenvalue weighted by Gasteiger charge is 2.55. The van der Waals surface area contributed by atoms with Crippen LogP contribution in [0.4, 0.5) is 5.69 Å². The van der Waals surface area contributed by atoms with E-state index < -0.39 is 0 Å². The second kappa shape index (κ2) is 6.30. The number of aryl methyl sites for hydroxylation is 1. The first-order valence-electron chi connectivity index (χ1n) is 9.44. The van der Waals surface area contributed by atoms with Crippen molar-refractivity contribution in [1.29, 1.82) is 0 Å². The third kappa shape index (κ3) is 2.91. The molecule has 2 unspecified atom stereocenters. The summed E-state index contributed by atoms with van der Waals surface area (Å²) >= 11 is 0. The Bertz CT molecular complexity index is 1050. The van der Waals surface area contributed by atoms with Crippen molar-refractivity contribution in [3.63, 3.8) is 0 Å². The van der Waals surface area contributed by atoms with Gasteiger partial charge in [-0.25, -0.2) is 4.98 Å². The lowest BCUT2D eigenvalue weighted by Crippen LogP contribution is -2.17. The molecule has 0 spiro atoms. The SMILES string of the molecule is CC(C)Oc1nc2nc(C3C4COCC43)cn2cc1NC(=O)c1ccn(C)n1. The fraction of sp³-hybridized carbons (Fsp3) is 0.474. The number of anilines is 1. The quantitative estimate of drug-likeness (QED) is 0.724. The zero-order chi connectivity index (χ0) is 19.4. The standard InChI is InChI=1S/C19H22N6O3/c1-10(2)28-18-15(20-17(26)13-4-5-24(3)23-13)7-25-6-14(21-19(25)22-18)16-11-8-27-9-12(11)16/h4-7,10-12,16H,8-9H2,1-3H3,(H,20,26). The molecule has 0 bridgehead atoms. The van der Waals surface area contributed by atoms with E-state index in [2.05, 4.69) is 15.4 Å². The summed E-state index contributed by atoms with van der Waals surface area (Å²) in [5.74, 6) is 2.18. The minimum absolute atomic E-state index is 0.0881. The molecule has 2 fully saturated rings. The van der Waals surface area contributed by atoms with Crippen molar-refractivity contribution in [2.75, 3.05) is 18.5 Å². The number of fused-ring (bicyclic) bond motifs is 2. The third-order valence-corrected chi connectivity index (χ3v) is 5.27. The van der Waals surface area contributed by atoms with Crippen LogP contribution in [0.1, 0.15) is 35.9 Å². The van der Waals surface area contributed by atoms with Crippen LogP contribution in [0.3, 0.4) is 0 Å². The summed E-state index contributed by atoms with van der Waals surface area (Å²) < 4.78 is 14.7. The second-order valence-electron chi connectivity index (χ2n) is 7.72. The van der Waals surface area contributed by atoms with Crippen molar-refractivity contribution in [3.05, 3.63) is 36.0 Å². The number of carbonyl (C=O) groups is 1. The van der Waals surface area contributed by atoms with Crippen LogP contribution in [-0.4, -0.2) is 49.4 Å². The van der Waals surface area contributed by atoms with Gasteiger partial charge in [0.05, 0.1) is 25.0 Å². The maximum Gasteiger partial charge on any atom is 0.276 e. The lowest BCUT2D eigenvalue weighted by atomic mass is 10.2. The number of nitrogens with zero attached hydrogens (tertiary/aromatic N) is 5. The van der Waals surface area contributed by atoms with E-state index in [1.807, 2.05) is 24.4 Å². The Labute approximate surface area is 161 Å². The van der Waals surface area contributed by atoms with Crippen LogP contribution in [0.25, 0.3) is 5.78 Å². The number of amides is 1. The van der Waals surface area contributed by atoms with Crippen molar-refractivity contribution in [3.8, 4) is 5.88 Å². The molecule has 3 aromatic heterocycles. The van der Waals surface area contributed by atoms with Gasteiger partial charge in [0, 0.05) is 31.6 Å². The van der Waals surface area contributed by atoms with Gasteiger partial charge in [-0.05, 0) is 31.7 Å². The zero-order valence-electron chi connectivity index (χ0n) is 16.0. The first kappa shape index (κ1) is 17.2. The minimum Gasteiger partial charge on any atom is -0.473 e. The molecule has 1 amide bonds. The van der Waals surface area contributed by atoms with Crippen molar-refractivity contribution < 1.29 is 14.3 Å². The Morgan fingerprint density at radius 1 is 1.29 bits per heavy atom. The molecule has 9 nitrogen and oxygen atoms in total. The molecule has 1 N–H and O–H groups in total. The highest BCUT2D eigenvalue weighted by atomic mass is 16.5. The number of carbonyl (C=O) groups excluding carboxylic acids is 1. The van der Waals surface area contributed by atoms with Crippen molar-refractivity contribution in [2.45, 2.75) is 25.9 Å². The van der Waals surface area contributed by atoms with Crippen LogP contribution >= 0.6 is 0 Å². The first-order valence-corrected chi connectivity index (χ1v) is 9.44. The molecule has 146 valence electrons. The van der Waals surface area contributed by atoms with Crippen LogP contribution in [-0.2, 0) is 11.8 Å². The molecular weight excluding hydrogens is 360 g/mol. The third-order valence-electron chi connectivity index (χ3n) is 5.27. The maximum atomic E-state index is 12.5. The van der Waals surface area contributed by atoms with E-state index in [1.54, 1.807) is 30.2 Å². The maximum absolute atomic E-state index is 12.5. The molecule has 28 heavy (non-hydrogen) atoms. The van der Waals surface area contributed by atoms with Gasteiger partial charge in [-0.1, -0.05) is 0 Å². The molecule has 4 heterocycles. The topological polar surface area (TPSA) is 95.6 Å². The molecule has 2 atom stereocenters. The van der Waals surface area contributed by atoms with Gasteiger partial charge < -0.3 is 14.8 Å². The summed E-state index contributed by atoms with van der Waals surface area (Å²) in [5, 5.41) is 7.00. The Kier molecular flexibility index (Phi) is 3.87. The van der Waals surface area contributed by atoms with Crippen molar-refractivity contribution in [1.82, 2.24) is 24.1 Å². The Morgan fingerprint density at radius 3 is 2.75 bits per heavy atom. The number of hydrogen-bond donors (Lipinski definition) is 1. The van der Waals surface area contributed by atoms with Crippen molar-refractivity contribution >= 4 is 17.4 Å². The lowest BCUT2D eigenvalue weighted by Gasteiger charge is -2.13.